The SMILES string of the molecule is CCc1ccc(OCC(=O)NCCCCN)cc1. The third-order valence-corrected chi connectivity index (χ3v) is 2.65. The van der Waals surface area contributed by atoms with Crippen LogP contribution in [0.1, 0.15) is 25.3 Å². The molecule has 1 rings (SSSR count). The molecule has 0 aromatic heterocycles. The highest BCUT2D eigenvalue weighted by Gasteiger charge is 2.01. The zero-order valence-corrected chi connectivity index (χ0v) is 10.9. The molecule has 1 amide bonds. The molecule has 1 aromatic rings. The van der Waals surface area contributed by atoms with Crippen LogP contribution in [-0.2, 0) is 11.2 Å². The smallest absolute Gasteiger partial charge is 0.257 e. The molecule has 1 aromatic carbocycles. The third-order valence-electron chi connectivity index (χ3n) is 2.65. The highest BCUT2D eigenvalue weighted by Crippen LogP contribution is 2.12. The van der Waals surface area contributed by atoms with Gasteiger partial charge in [-0.3, -0.25) is 4.79 Å². The van der Waals surface area contributed by atoms with E-state index in [1.165, 1.54) is 5.56 Å². The quantitative estimate of drug-likeness (QED) is 0.687. The van der Waals surface area contributed by atoms with Gasteiger partial charge in [-0.05, 0) is 43.5 Å². The van der Waals surface area contributed by atoms with Crippen LogP contribution in [0.15, 0.2) is 24.3 Å². The molecule has 0 fully saturated rings. The molecule has 0 saturated carbocycles. The number of nitrogens with one attached hydrogen (secondary N) is 1. The molecule has 0 aliphatic rings. The molecule has 0 atom stereocenters. The number of unbranched alkanes of at least 4 members (excludes halogenated alkanes) is 1. The summed E-state index contributed by atoms with van der Waals surface area (Å²) in [6, 6.07) is 7.80. The van der Waals surface area contributed by atoms with Gasteiger partial charge in [-0.2, -0.15) is 0 Å². The number of hydrogen-bond acceptors (Lipinski definition) is 3. The van der Waals surface area contributed by atoms with Crippen molar-refractivity contribution in [3.05, 3.63) is 29.8 Å². The van der Waals surface area contributed by atoms with Crippen molar-refractivity contribution < 1.29 is 9.53 Å². The zero-order valence-electron chi connectivity index (χ0n) is 10.9. The van der Waals surface area contributed by atoms with Gasteiger partial charge in [0.15, 0.2) is 6.61 Å². The van der Waals surface area contributed by atoms with Crippen LogP contribution < -0.4 is 15.8 Å². The van der Waals surface area contributed by atoms with Gasteiger partial charge in [-0.25, -0.2) is 0 Å². The fourth-order valence-electron chi connectivity index (χ4n) is 1.52. The van der Waals surface area contributed by atoms with Crippen LogP contribution in [0.25, 0.3) is 0 Å². The summed E-state index contributed by atoms with van der Waals surface area (Å²) in [5.74, 6) is 0.635. The van der Waals surface area contributed by atoms with Crippen molar-refractivity contribution in [2.75, 3.05) is 19.7 Å². The Morgan fingerprint density at radius 1 is 1.28 bits per heavy atom. The maximum Gasteiger partial charge on any atom is 0.257 e. The Morgan fingerprint density at radius 3 is 2.61 bits per heavy atom. The van der Waals surface area contributed by atoms with E-state index < -0.39 is 0 Å². The number of carbonyl (C=O) groups excluding carboxylic acids is 1. The molecule has 0 bridgehead atoms. The van der Waals surface area contributed by atoms with Crippen molar-refractivity contribution in [1.29, 1.82) is 0 Å². The van der Waals surface area contributed by atoms with Crippen molar-refractivity contribution in [1.82, 2.24) is 5.32 Å². The average molecular weight is 250 g/mol. The summed E-state index contributed by atoms with van der Waals surface area (Å²) in [6.07, 6.45) is 2.84. The Labute approximate surface area is 109 Å². The average Bonchev–Trinajstić information content (AvgIpc) is 2.42. The maximum atomic E-state index is 11.4. The Morgan fingerprint density at radius 2 is 2.00 bits per heavy atom. The van der Waals surface area contributed by atoms with Crippen LogP contribution in [-0.4, -0.2) is 25.6 Å². The van der Waals surface area contributed by atoms with Gasteiger partial charge in [0.1, 0.15) is 5.75 Å². The van der Waals surface area contributed by atoms with Crippen molar-refractivity contribution in [3.8, 4) is 5.75 Å². The summed E-state index contributed by atoms with van der Waals surface area (Å²) in [5.41, 5.74) is 6.62. The molecule has 0 aliphatic carbocycles. The second-order valence-electron chi connectivity index (χ2n) is 4.13. The predicted octanol–water partition coefficient (Wildman–Crippen LogP) is 1.48. The summed E-state index contributed by atoms with van der Waals surface area (Å²) < 4.78 is 5.39. The Balaban J connectivity index is 2.20. The summed E-state index contributed by atoms with van der Waals surface area (Å²) >= 11 is 0. The van der Waals surface area contributed by atoms with Gasteiger partial charge in [0.25, 0.3) is 5.91 Å². The van der Waals surface area contributed by atoms with E-state index in [1.54, 1.807) is 0 Å². The Kier molecular flexibility index (Phi) is 6.87. The predicted molar refractivity (Wildman–Crippen MR) is 72.6 cm³/mol. The third kappa shape index (κ3) is 5.68. The fraction of sp³-hybridized carbons (Fsp3) is 0.500. The van der Waals surface area contributed by atoms with Crippen molar-refractivity contribution in [2.24, 2.45) is 5.73 Å². The topological polar surface area (TPSA) is 64.3 Å². The number of nitrogens with two attached hydrogens (primary N) is 1. The van der Waals surface area contributed by atoms with E-state index in [2.05, 4.69) is 12.2 Å². The monoisotopic (exact) mass is 250 g/mol. The molecule has 4 nitrogen and oxygen atoms in total. The Hall–Kier alpha value is -1.55. The van der Waals surface area contributed by atoms with Gasteiger partial charge >= 0.3 is 0 Å². The molecule has 18 heavy (non-hydrogen) atoms. The molecule has 0 heterocycles. The highest BCUT2D eigenvalue weighted by molar-refractivity contribution is 5.77. The van der Waals surface area contributed by atoms with Crippen LogP contribution in [0.5, 0.6) is 5.75 Å². The van der Waals surface area contributed by atoms with Gasteiger partial charge in [0, 0.05) is 6.54 Å². The molecule has 0 aliphatic heterocycles. The number of aryl methyl sites for hydroxylation is 1. The summed E-state index contributed by atoms with van der Waals surface area (Å²) in [4.78, 5) is 11.4. The largest absolute Gasteiger partial charge is 0.484 e. The molecule has 3 N–H and O–H groups in total. The van der Waals surface area contributed by atoms with Crippen molar-refractivity contribution in [2.45, 2.75) is 26.2 Å². The second-order valence-corrected chi connectivity index (χ2v) is 4.13. The van der Waals surface area contributed by atoms with E-state index >= 15 is 0 Å². The normalized spacial score (nSPS) is 10.1. The zero-order chi connectivity index (χ0) is 13.2. The number of amides is 1. The van der Waals surface area contributed by atoms with Crippen LogP contribution in [0.4, 0.5) is 0 Å². The molecule has 0 spiro atoms. The van der Waals surface area contributed by atoms with Crippen LogP contribution >= 0.6 is 0 Å². The van der Waals surface area contributed by atoms with E-state index in [-0.39, 0.29) is 12.5 Å². The lowest BCUT2D eigenvalue weighted by atomic mass is 10.2. The first-order valence-corrected chi connectivity index (χ1v) is 6.44. The standard InChI is InChI=1S/C14H22N2O2/c1-2-12-5-7-13(8-6-12)18-11-14(17)16-10-4-3-9-15/h5-8H,2-4,9-11,15H2,1H3,(H,16,17). The fourth-order valence-corrected chi connectivity index (χ4v) is 1.52. The molecule has 4 heteroatoms. The number of ether oxygens (including phenoxy) is 1. The summed E-state index contributed by atoms with van der Waals surface area (Å²) in [7, 11) is 0. The number of hydrogen-bond donors (Lipinski definition) is 2. The van der Waals surface area contributed by atoms with E-state index in [1.807, 2.05) is 24.3 Å². The van der Waals surface area contributed by atoms with E-state index in [0.29, 0.717) is 13.1 Å². The minimum absolute atomic E-state index is 0.0636. The summed E-state index contributed by atoms with van der Waals surface area (Å²) in [5, 5.41) is 2.79. The minimum Gasteiger partial charge on any atom is -0.484 e. The lowest BCUT2D eigenvalue weighted by molar-refractivity contribution is -0.123. The molecular formula is C14H22N2O2. The minimum atomic E-state index is -0.0911. The molecule has 100 valence electrons. The van der Waals surface area contributed by atoms with E-state index in [4.69, 9.17) is 10.5 Å². The number of carbonyl (C=O) groups is 1. The first kappa shape index (κ1) is 14.5. The van der Waals surface area contributed by atoms with E-state index in [9.17, 15) is 4.79 Å². The lowest BCUT2D eigenvalue weighted by Crippen LogP contribution is -2.29. The van der Waals surface area contributed by atoms with Gasteiger partial charge in [-0.1, -0.05) is 19.1 Å². The number of benzene rings is 1. The molecule has 0 saturated heterocycles. The van der Waals surface area contributed by atoms with E-state index in [0.717, 1.165) is 25.0 Å². The van der Waals surface area contributed by atoms with Crippen LogP contribution in [0, 0.1) is 0 Å². The van der Waals surface area contributed by atoms with Gasteiger partial charge in [-0.15, -0.1) is 0 Å². The van der Waals surface area contributed by atoms with Crippen LogP contribution in [0.2, 0.25) is 0 Å². The first-order chi connectivity index (χ1) is 8.76. The molecular weight excluding hydrogens is 228 g/mol. The van der Waals surface area contributed by atoms with Crippen molar-refractivity contribution >= 4 is 5.91 Å². The summed E-state index contributed by atoms with van der Waals surface area (Å²) in [6.45, 7) is 3.49. The van der Waals surface area contributed by atoms with Gasteiger partial charge < -0.3 is 15.8 Å². The van der Waals surface area contributed by atoms with Gasteiger partial charge in [0.05, 0.1) is 0 Å². The number of rotatable bonds is 8. The highest BCUT2D eigenvalue weighted by atomic mass is 16.5. The second kappa shape index (κ2) is 8.53. The van der Waals surface area contributed by atoms with Gasteiger partial charge in [0.2, 0.25) is 0 Å². The Bertz CT molecular complexity index is 349. The lowest BCUT2D eigenvalue weighted by Gasteiger charge is -2.07. The maximum absolute atomic E-state index is 11.4. The molecule has 0 unspecified atom stereocenters. The first-order valence-electron chi connectivity index (χ1n) is 6.44. The van der Waals surface area contributed by atoms with Crippen molar-refractivity contribution in [3.63, 3.8) is 0 Å². The van der Waals surface area contributed by atoms with Crippen LogP contribution in [0.3, 0.4) is 0 Å². The molecule has 0 radical (unpaired) electrons.